The largest absolute Gasteiger partial charge is 0.358 e. The van der Waals surface area contributed by atoms with Gasteiger partial charge in [0.1, 0.15) is 6.17 Å². The molecule has 0 radical (unpaired) electrons. The highest BCUT2D eigenvalue weighted by Gasteiger charge is 2.37. The molecule has 3 nitrogen and oxygen atoms in total. The van der Waals surface area contributed by atoms with Crippen molar-refractivity contribution in [1.29, 1.82) is 0 Å². The van der Waals surface area contributed by atoms with Gasteiger partial charge < -0.3 is 9.88 Å². The lowest BCUT2D eigenvalue weighted by atomic mass is 9.82. The van der Waals surface area contributed by atoms with Crippen LogP contribution in [0.3, 0.4) is 0 Å². The van der Waals surface area contributed by atoms with E-state index in [-0.39, 0.29) is 11.6 Å². The summed E-state index contributed by atoms with van der Waals surface area (Å²) >= 11 is 0. The molecule has 0 saturated heterocycles. The monoisotopic (exact) mass is 489 g/mol. The van der Waals surface area contributed by atoms with Crippen LogP contribution in [0.5, 0.6) is 0 Å². The van der Waals surface area contributed by atoms with Crippen LogP contribution in [-0.4, -0.2) is 10.3 Å². The van der Waals surface area contributed by atoms with Gasteiger partial charge in [-0.1, -0.05) is 98.8 Å². The van der Waals surface area contributed by atoms with Gasteiger partial charge in [-0.15, -0.1) is 0 Å². The lowest BCUT2D eigenvalue weighted by Gasteiger charge is -2.30. The van der Waals surface area contributed by atoms with Crippen LogP contribution in [0.15, 0.2) is 120 Å². The minimum absolute atomic E-state index is 0.0397. The zero-order chi connectivity index (χ0) is 25.4. The molecule has 3 heteroatoms. The van der Waals surface area contributed by atoms with Crippen molar-refractivity contribution in [3.63, 3.8) is 0 Å². The van der Waals surface area contributed by atoms with Gasteiger partial charge >= 0.3 is 0 Å². The number of benzene rings is 5. The van der Waals surface area contributed by atoms with E-state index in [0.29, 0.717) is 0 Å². The fraction of sp³-hybridized carbons (Fsp3) is 0.114. The number of nitrogens with one attached hydrogen (secondary N) is 1. The van der Waals surface area contributed by atoms with E-state index in [9.17, 15) is 0 Å². The van der Waals surface area contributed by atoms with Crippen LogP contribution >= 0.6 is 0 Å². The smallest absolute Gasteiger partial charge is 0.148 e. The Morgan fingerprint density at radius 1 is 0.658 bits per heavy atom. The Hall–Kier alpha value is -4.63. The van der Waals surface area contributed by atoms with Crippen molar-refractivity contribution in [2.75, 3.05) is 5.32 Å². The predicted octanol–water partition coefficient (Wildman–Crippen LogP) is 8.85. The third-order valence-electron chi connectivity index (χ3n) is 8.44. The van der Waals surface area contributed by atoms with Crippen LogP contribution in [-0.2, 0) is 5.41 Å². The van der Waals surface area contributed by atoms with Crippen molar-refractivity contribution in [1.82, 2.24) is 4.57 Å². The first-order valence-corrected chi connectivity index (χ1v) is 13.3. The fourth-order valence-corrected chi connectivity index (χ4v) is 6.59. The van der Waals surface area contributed by atoms with E-state index in [1.807, 2.05) is 0 Å². The second kappa shape index (κ2) is 7.69. The number of nitrogens with zero attached hydrogens (tertiary/aromatic N) is 2. The molecule has 0 fully saturated rings. The SMILES string of the molecule is CC1(C)c2ccccc2-c2cc3c(cc21)c1ccccc1n3C1Nc2ccccc2N=C1c1ccccc1. The molecule has 182 valence electrons. The van der Waals surface area contributed by atoms with E-state index in [1.54, 1.807) is 0 Å². The Balaban J connectivity index is 1.45. The van der Waals surface area contributed by atoms with Crippen LogP contribution < -0.4 is 5.32 Å². The summed E-state index contributed by atoms with van der Waals surface area (Å²) in [4.78, 5) is 5.23. The number of rotatable bonds is 2. The first-order valence-electron chi connectivity index (χ1n) is 13.3. The van der Waals surface area contributed by atoms with E-state index >= 15 is 0 Å². The summed E-state index contributed by atoms with van der Waals surface area (Å²) in [5.41, 5.74) is 12.0. The van der Waals surface area contributed by atoms with E-state index in [2.05, 4.69) is 139 Å². The molecule has 38 heavy (non-hydrogen) atoms. The highest BCUT2D eigenvalue weighted by Crippen LogP contribution is 2.51. The van der Waals surface area contributed by atoms with Crippen LogP contribution in [0.4, 0.5) is 11.4 Å². The van der Waals surface area contributed by atoms with Gasteiger partial charge in [0.05, 0.1) is 28.1 Å². The topological polar surface area (TPSA) is 29.3 Å². The number of anilines is 1. The molecule has 1 aliphatic carbocycles. The van der Waals surface area contributed by atoms with E-state index in [0.717, 1.165) is 22.6 Å². The van der Waals surface area contributed by atoms with Crippen molar-refractivity contribution in [2.24, 2.45) is 4.99 Å². The maximum atomic E-state index is 5.23. The molecule has 0 bridgehead atoms. The third kappa shape index (κ3) is 2.87. The zero-order valence-electron chi connectivity index (χ0n) is 21.4. The average molecular weight is 490 g/mol. The normalized spacial score (nSPS) is 17.0. The Kier molecular flexibility index (Phi) is 4.34. The zero-order valence-corrected chi connectivity index (χ0v) is 21.4. The molecule has 5 aromatic carbocycles. The first-order chi connectivity index (χ1) is 18.6. The van der Waals surface area contributed by atoms with Crippen LogP contribution in [0.25, 0.3) is 32.9 Å². The van der Waals surface area contributed by atoms with Crippen LogP contribution in [0.1, 0.15) is 36.7 Å². The lowest BCUT2D eigenvalue weighted by molar-refractivity contribution is 0.661. The standard InChI is InChI=1S/C35H27N3/c1-35(2)27-16-8-6-14-23(27)25-21-32-26(20-28(25)35)24-15-7-11-19-31(24)38(32)34-33(22-12-4-3-5-13-22)36-29-17-9-10-18-30(29)37-34/h3-21,34,37H,1-2H3. The van der Waals surface area contributed by atoms with Gasteiger partial charge in [0.15, 0.2) is 0 Å². The molecule has 2 heterocycles. The maximum absolute atomic E-state index is 5.23. The molecule has 1 N–H and O–H groups in total. The minimum atomic E-state index is -0.155. The second-order valence-corrected chi connectivity index (χ2v) is 10.9. The summed E-state index contributed by atoms with van der Waals surface area (Å²) in [5.74, 6) is 0. The molecule has 6 aromatic rings. The Morgan fingerprint density at radius 2 is 1.39 bits per heavy atom. The summed E-state index contributed by atoms with van der Waals surface area (Å²) < 4.78 is 2.46. The number of para-hydroxylation sites is 3. The number of hydrogen-bond acceptors (Lipinski definition) is 2. The minimum Gasteiger partial charge on any atom is -0.358 e. The van der Waals surface area contributed by atoms with Gasteiger partial charge in [-0.2, -0.15) is 0 Å². The van der Waals surface area contributed by atoms with Gasteiger partial charge in [0.2, 0.25) is 0 Å². The molecule has 0 saturated carbocycles. The third-order valence-corrected chi connectivity index (χ3v) is 8.44. The van der Waals surface area contributed by atoms with Gasteiger partial charge in [-0.25, -0.2) is 4.99 Å². The molecule has 2 aliphatic rings. The molecule has 1 unspecified atom stereocenters. The summed E-state index contributed by atoms with van der Waals surface area (Å²) in [5, 5.41) is 6.42. The highest BCUT2D eigenvalue weighted by molar-refractivity contribution is 6.14. The van der Waals surface area contributed by atoms with Gasteiger partial charge in [0.25, 0.3) is 0 Å². The van der Waals surface area contributed by atoms with Crippen LogP contribution in [0, 0.1) is 0 Å². The second-order valence-electron chi connectivity index (χ2n) is 10.9. The fourth-order valence-electron chi connectivity index (χ4n) is 6.59. The number of aliphatic imine (C=N–C) groups is 1. The molecule has 1 aliphatic heterocycles. The van der Waals surface area contributed by atoms with Crippen molar-refractivity contribution < 1.29 is 0 Å². The molecule has 8 rings (SSSR count). The maximum Gasteiger partial charge on any atom is 0.148 e. The molecule has 0 amide bonds. The van der Waals surface area contributed by atoms with Crippen molar-refractivity contribution in [3.8, 4) is 11.1 Å². The average Bonchev–Trinajstić information content (AvgIpc) is 3.40. The molecule has 0 spiro atoms. The molecule has 1 aromatic heterocycles. The first kappa shape index (κ1) is 21.5. The summed E-state index contributed by atoms with van der Waals surface area (Å²) in [6, 6.07) is 41.4. The summed E-state index contributed by atoms with van der Waals surface area (Å²) in [7, 11) is 0. The molecular formula is C35H27N3. The van der Waals surface area contributed by atoms with Gasteiger partial charge in [0, 0.05) is 21.8 Å². The highest BCUT2D eigenvalue weighted by atomic mass is 15.2. The number of fused-ring (bicyclic) bond motifs is 7. The molecular weight excluding hydrogens is 462 g/mol. The van der Waals surface area contributed by atoms with Crippen molar-refractivity contribution in [2.45, 2.75) is 25.4 Å². The molecule has 1 atom stereocenters. The lowest BCUT2D eigenvalue weighted by Crippen LogP contribution is -2.30. The Bertz CT molecular complexity index is 1920. The van der Waals surface area contributed by atoms with Crippen LogP contribution in [0.2, 0.25) is 0 Å². The van der Waals surface area contributed by atoms with E-state index in [1.165, 1.54) is 44.1 Å². The summed E-state index contributed by atoms with van der Waals surface area (Å²) in [6.07, 6.45) is -0.155. The quantitative estimate of drug-likeness (QED) is 0.259. The Morgan fingerprint density at radius 3 is 2.29 bits per heavy atom. The number of aromatic nitrogens is 1. The predicted molar refractivity (Wildman–Crippen MR) is 159 cm³/mol. The van der Waals surface area contributed by atoms with Gasteiger partial charge in [-0.3, -0.25) is 0 Å². The van der Waals surface area contributed by atoms with E-state index in [4.69, 9.17) is 4.99 Å². The summed E-state index contributed by atoms with van der Waals surface area (Å²) in [6.45, 7) is 4.70. The van der Waals surface area contributed by atoms with E-state index < -0.39 is 0 Å². The number of hydrogen-bond donors (Lipinski definition) is 1. The van der Waals surface area contributed by atoms with Gasteiger partial charge in [-0.05, 0) is 52.6 Å². The van der Waals surface area contributed by atoms with Crippen molar-refractivity contribution >= 4 is 38.9 Å². The van der Waals surface area contributed by atoms with Crippen molar-refractivity contribution in [3.05, 3.63) is 132 Å². The Labute approximate surface area is 222 Å².